The summed E-state index contributed by atoms with van der Waals surface area (Å²) in [6, 6.07) is 10.5. The van der Waals surface area contributed by atoms with Crippen molar-refractivity contribution in [1.82, 2.24) is 25.1 Å². The zero-order valence-electron chi connectivity index (χ0n) is 14.5. The molecule has 1 aromatic carbocycles. The Hall–Kier alpha value is -2.53. The van der Waals surface area contributed by atoms with Crippen molar-refractivity contribution in [3.63, 3.8) is 0 Å². The van der Waals surface area contributed by atoms with Crippen LogP contribution in [-0.4, -0.2) is 31.6 Å². The van der Waals surface area contributed by atoms with Gasteiger partial charge in [0.05, 0.1) is 17.9 Å². The maximum Gasteiger partial charge on any atom is 0.159 e. The highest BCUT2D eigenvalue weighted by Gasteiger charge is 2.26. The van der Waals surface area contributed by atoms with E-state index in [2.05, 4.69) is 32.0 Å². The second kappa shape index (κ2) is 7.15. The minimum absolute atomic E-state index is 0.407. The van der Waals surface area contributed by atoms with Gasteiger partial charge in [0.15, 0.2) is 5.82 Å². The molecule has 0 aliphatic carbocycles. The Bertz CT molecular complexity index is 810. The fourth-order valence-electron chi connectivity index (χ4n) is 3.61. The average Bonchev–Trinajstić information content (AvgIpc) is 3.09. The lowest BCUT2D eigenvalue weighted by Gasteiger charge is -2.35. The number of rotatable bonds is 4. The summed E-state index contributed by atoms with van der Waals surface area (Å²) in [6.07, 6.45) is 9.52. The van der Waals surface area contributed by atoms with Crippen molar-refractivity contribution in [1.29, 1.82) is 0 Å². The monoisotopic (exact) mass is 333 g/mol. The van der Waals surface area contributed by atoms with Crippen LogP contribution >= 0.6 is 0 Å². The molecule has 0 unspecified atom stereocenters. The summed E-state index contributed by atoms with van der Waals surface area (Å²) in [5.74, 6) is 0.781. The normalized spacial score (nSPS) is 18.4. The van der Waals surface area contributed by atoms with Crippen molar-refractivity contribution in [3.8, 4) is 11.4 Å². The van der Waals surface area contributed by atoms with E-state index in [4.69, 9.17) is 0 Å². The molecule has 0 bridgehead atoms. The highest BCUT2D eigenvalue weighted by molar-refractivity contribution is 5.53. The van der Waals surface area contributed by atoms with Gasteiger partial charge < -0.3 is 0 Å². The van der Waals surface area contributed by atoms with Gasteiger partial charge in [0.2, 0.25) is 0 Å². The van der Waals surface area contributed by atoms with Crippen LogP contribution in [0.4, 0.5) is 0 Å². The van der Waals surface area contributed by atoms with Crippen LogP contribution in [0.2, 0.25) is 0 Å². The predicted molar refractivity (Wildman–Crippen MR) is 97.8 cm³/mol. The molecule has 0 radical (unpaired) electrons. The van der Waals surface area contributed by atoms with Gasteiger partial charge in [0.25, 0.3) is 0 Å². The van der Waals surface area contributed by atoms with E-state index in [0.29, 0.717) is 6.04 Å². The van der Waals surface area contributed by atoms with Gasteiger partial charge in [-0.1, -0.05) is 36.8 Å². The number of nitrogens with one attached hydrogen (secondary N) is 1. The smallest absolute Gasteiger partial charge is 0.159 e. The predicted octanol–water partition coefficient (Wildman–Crippen LogP) is 3.90. The molecule has 4 rings (SSSR count). The SMILES string of the molecule is Cc1cn[nH]c1[C@@H]1CCCCN1Cc1cnc(-c2ccccc2)nc1. The lowest BCUT2D eigenvalue weighted by atomic mass is 9.97. The Morgan fingerprint density at radius 1 is 1.08 bits per heavy atom. The quantitative estimate of drug-likeness (QED) is 0.786. The van der Waals surface area contributed by atoms with Crippen LogP contribution in [0.15, 0.2) is 48.9 Å². The van der Waals surface area contributed by atoms with Crippen molar-refractivity contribution < 1.29 is 0 Å². The Labute approximate surface area is 148 Å². The van der Waals surface area contributed by atoms with Crippen LogP contribution in [0, 0.1) is 6.92 Å². The Morgan fingerprint density at radius 3 is 2.60 bits per heavy atom. The molecular formula is C20H23N5. The first-order chi connectivity index (χ1) is 12.3. The molecule has 1 saturated heterocycles. The van der Waals surface area contributed by atoms with Gasteiger partial charge >= 0.3 is 0 Å². The number of likely N-dealkylation sites (tertiary alicyclic amines) is 1. The molecule has 0 spiro atoms. The molecule has 5 heteroatoms. The third-order valence-corrected chi connectivity index (χ3v) is 4.94. The summed E-state index contributed by atoms with van der Waals surface area (Å²) in [5.41, 5.74) is 4.70. The molecule has 1 aliphatic heterocycles. The summed E-state index contributed by atoms with van der Waals surface area (Å²) in [6.45, 7) is 4.10. The van der Waals surface area contributed by atoms with Crippen molar-refractivity contribution >= 4 is 0 Å². The molecule has 1 atom stereocenters. The molecule has 25 heavy (non-hydrogen) atoms. The number of H-pyrrole nitrogens is 1. The van der Waals surface area contributed by atoms with Gasteiger partial charge in [0.1, 0.15) is 0 Å². The first kappa shape index (κ1) is 16.0. The van der Waals surface area contributed by atoms with E-state index in [1.165, 1.54) is 30.5 Å². The van der Waals surface area contributed by atoms with Gasteiger partial charge in [-0.2, -0.15) is 5.10 Å². The molecule has 2 aromatic heterocycles. The van der Waals surface area contributed by atoms with Gasteiger partial charge in [-0.05, 0) is 31.9 Å². The summed E-state index contributed by atoms with van der Waals surface area (Å²) in [5, 5.41) is 7.41. The van der Waals surface area contributed by atoms with Crippen LogP contribution in [0.3, 0.4) is 0 Å². The molecule has 128 valence electrons. The average molecular weight is 333 g/mol. The molecule has 0 amide bonds. The molecule has 5 nitrogen and oxygen atoms in total. The highest BCUT2D eigenvalue weighted by Crippen LogP contribution is 2.32. The second-order valence-electron chi connectivity index (χ2n) is 6.73. The van der Waals surface area contributed by atoms with Crippen LogP contribution in [0.1, 0.15) is 42.1 Å². The van der Waals surface area contributed by atoms with Crippen LogP contribution in [0.25, 0.3) is 11.4 Å². The first-order valence-electron chi connectivity index (χ1n) is 8.91. The second-order valence-corrected chi connectivity index (χ2v) is 6.73. The first-order valence-corrected chi connectivity index (χ1v) is 8.91. The number of aryl methyl sites for hydroxylation is 1. The minimum Gasteiger partial charge on any atom is -0.290 e. The number of aromatic nitrogens is 4. The van der Waals surface area contributed by atoms with E-state index in [1.807, 2.05) is 48.9 Å². The summed E-state index contributed by atoms with van der Waals surface area (Å²) >= 11 is 0. The zero-order chi connectivity index (χ0) is 17.1. The van der Waals surface area contributed by atoms with Crippen LogP contribution in [-0.2, 0) is 6.54 Å². The Morgan fingerprint density at radius 2 is 1.88 bits per heavy atom. The molecular weight excluding hydrogens is 310 g/mol. The summed E-state index contributed by atoms with van der Waals surface area (Å²) < 4.78 is 0. The van der Waals surface area contributed by atoms with E-state index in [-0.39, 0.29) is 0 Å². The number of aromatic amines is 1. The van der Waals surface area contributed by atoms with Crippen molar-refractivity contribution in [3.05, 3.63) is 65.7 Å². The molecule has 1 aliphatic rings. The third-order valence-electron chi connectivity index (χ3n) is 4.94. The summed E-state index contributed by atoms with van der Waals surface area (Å²) in [4.78, 5) is 11.6. The number of nitrogens with zero attached hydrogens (tertiary/aromatic N) is 4. The van der Waals surface area contributed by atoms with Gasteiger partial charge in [-0.25, -0.2) is 9.97 Å². The lowest BCUT2D eigenvalue weighted by molar-refractivity contribution is 0.136. The fourth-order valence-corrected chi connectivity index (χ4v) is 3.61. The standard InChI is InChI=1S/C20H23N5/c1-15-11-23-24-19(15)18-9-5-6-10-25(18)14-16-12-21-20(22-13-16)17-7-3-2-4-8-17/h2-4,7-8,11-13,18H,5-6,9-10,14H2,1H3,(H,23,24)/t18-/m0/s1. The Balaban J connectivity index is 1.51. The van der Waals surface area contributed by atoms with Crippen molar-refractivity contribution in [2.45, 2.75) is 38.8 Å². The maximum absolute atomic E-state index is 4.56. The zero-order valence-corrected chi connectivity index (χ0v) is 14.5. The van der Waals surface area contributed by atoms with Crippen LogP contribution < -0.4 is 0 Å². The number of piperidine rings is 1. The Kier molecular flexibility index (Phi) is 4.57. The van der Waals surface area contributed by atoms with Gasteiger partial charge in [-0.15, -0.1) is 0 Å². The van der Waals surface area contributed by atoms with E-state index >= 15 is 0 Å². The lowest BCUT2D eigenvalue weighted by Crippen LogP contribution is -2.33. The van der Waals surface area contributed by atoms with Crippen molar-refractivity contribution in [2.75, 3.05) is 6.54 Å². The third kappa shape index (κ3) is 3.46. The summed E-state index contributed by atoms with van der Waals surface area (Å²) in [7, 11) is 0. The maximum atomic E-state index is 4.56. The van der Waals surface area contributed by atoms with Crippen LogP contribution in [0.5, 0.6) is 0 Å². The molecule has 1 fully saturated rings. The minimum atomic E-state index is 0.407. The molecule has 1 N–H and O–H groups in total. The topological polar surface area (TPSA) is 57.7 Å². The largest absolute Gasteiger partial charge is 0.290 e. The van der Waals surface area contributed by atoms with Gasteiger partial charge in [-0.3, -0.25) is 10.00 Å². The van der Waals surface area contributed by atoms with Gasteiger partial charge in [0, 0.05) is 30.1 Å². The van der Waals surface area contributed by atoms with E-state index in [9.17, 15) is 0 Å². The van der Waals surface area contributed by atoms with E-state index in [0.717, 1.165) is 30.0 Å². The van der Waals surface area contributed by atoms with E-state index in [1.54, 1.807) is 0 Å². The molecule has 3 heterocycles. The van der Waals surface area contributed by atoms with E-state index < -0.39 is 0 Å². The van der Waals surface area contributed by atoms with Crippen molar-refractivity contribution in [2.24, 2.45) is 0 Å². The molecule has 0 saturated carbocycles. The fraction of sp³-hybridized carbons (Fsp3) is 0.350. The molecule has 3 aromatic rings. The highest BCUT2D eigenvalue weighted by atomic mass is 15.2. The number of hydrogen-bond donors (Lipinski definition) is 1. The number of hydrogen-bond acceptors (Lipinski definition) is 4. The number of benzene rings is 1.